The van der Waals surface area contributed by atoms with Crippen LogP contribution in [0.1, 0.15) is 51.7 Å². The van der Waals surface area contributed by atoms with Gasteiger partial charge in [-0.2, -0.15) is 0 Å². The van der Waals surface area contributed by atoms with Gasteiger partial charge in [-0.05, 0) is 48.3 Å². The molecule has 0 fully saturated rings. The molecule has 2 N–H and O–H groups in total. The highest BCUT2D eigenvalue weighted by Gasteiger charge is 2.25. The Bertz CT molecular complexity index is 427. The third-order valence-corrected chi connectivity index (χ3v) is 4.34. The first-order valence-electron chi connectivity index (χ1n) is 8.07. The summed E-state index contributed by atoms with van der Waals surface area (Å²) >= 11 is 0. The fraction of sp³-hybridized carbons (Fsp3) is 0.667. The Morgan fingerprint density at radius 3 is 2.35 bits per heavy atom. The topological polar surface area (TPSA) is 29.3 Å². The van der Waals surface area contributed by atoms with Crippen LogP contribution in [0.3, 0.4) is 0 Å². The third kappa shape index (κ3) is 3.76. The molecule has 1 aliphatic heterocycles. The summed E-state index contributed by atoms with van der Waals surface area (Å²) in [5.41, 5.74) is 9.91. The summed E-state index contributed by atoms with van der Waals surface area (Å²) in [6.07, 6.45) is 3.71. The van der Waals surface area contributed by atoms with Gasteiger partial charge in [-0.1, -0.05) is 39.8 Å². The minimum absolute atomic E-state index is 0.713. The SMILES string of the molecule is CC(C)CC(CC(C)C)N1CCc2c(N)cccc2C1. The predicted molar refractivity (Wildman–Crippen MR) is 87.7 cm³/mol. The van der Waals surface area contributed by atoms with E-state index in [-0.39, 0.29) is 0 Å². The van der Waals surface area contributed by atoms with Crippen molar-refractivity contribution >= 4 is 5.69 Å². The minimum Gasteiger partial charge on any atom is -0.398 e. The molecule has 0 unspecified atom stereocenters. The average Bonchev–Trinajstić information content (AvgIpc) is 2.37. The second kappa shape index (κ2) is 6.62. The van der Waals surface area contributed by atoms with Crippen LogP contribution in [0.25, 0.3) is 0 Å². The summed E-state index contributed by atoms with van der Waals surface area (Å²) in [7, 11) is 0. The zero-order chi connectivity index (χ0) is 14.7. The highest BCUT2D eigenvalue weighted by atomic mass is 15.2. The molecular weight excluding hydrogens is 244 g/mol. The smallest absolute Gasteiger partial charge is 0.0350 e. The number of nitrogen functional groups attached to an aromatic ring is 1. The minimum atomic E-state index is 0.713. The van der Waals surface area contributed by atoms with Gasteiger partial charge in [0.15, 0.2) is 0 Å². The number of nitrogens with two attached hydrogens (primary N) is 1. The van der Waals surface area contributed by atoms with E-state index >= 15 is 0 Å². The van der Waals surface area contributed by atoms with Gasteiger partial charge in [-0.15, -0.1) is 0 Å². The number of nitrogens with zero attached hydrogens (tertiary/aromatic N) is 1. The summed E-state index contributed by atoms with van der Waals surface area (Å²) < 4.78 is 0. The van der Waals surface area contributed by atoms with E-state index in [0.717, 1.165) is 37.0 Å². The zero-order valence-electron chi connectivity index (χ0n) is 13.5. The lowest BCUT2D eigenvalue weighted by Crippen LogP contribution is -2.41. The molecular formula is C18H30N2. The normalized spacial score (nSPS) is 16.1. The van der Waals surface area contributed by atoms with E-state index in [0.29, 0.717) is 6.04 Å². The quantitative estimate of drug-likeness (QED) is 0.820. The van der Waals surface area contributed by atoms with E-state index in [1.54, 1.807) is 0 Å². The van der Waals surface area contributed by atoms with Crippen LogP contribution in [0.2, 0.25) is 0 Å². The molecule has 112 valence electrons. The van der Waals surface area contributed by atoms with Crippen molar-refractivity contribution in [2.75, 3.05) is 12.3 Å². The molecule has 2 rings (SSSR count). The van der Waals surface area contributed by atoms with Gasteiger partial charge in [0.05, 0.1) is 0 Å². The molecule has 1 aromatic carbocycles. The molecule has 0 spiro atoms. The van der Waals surface area contributed by atoms with Crippen molar-refractivity contribution in [3.8, 4) is 0 Å². The van der Waals surface area contributed by atoms with Crippen LogP contribution in [0.15, 0.2) is 18.2 Å². The van der Waals surface area contributed by atoms with Crippen LogP contribution in [0.4, 0.5) is 5.69 Å². The summed E-state index contributed by atoms with van der Waals surface area (Å²) in [6, 6.07) is 7.09. The van der Waals surface area contributed by atoms with Gasteiger partial charge in [0.2, 0.25) is 0 Å². The molecule has 0 saturated heterocycles. The van der Waals surface area contributed by atoms with Gasteiger partial charge < -0.3 is 5.73 Å². The molecule has 1 heterocycles. The maximum atomic E-state index is 6.11. The summed E-state index contributed by atoms with van der Waals surface area (Å²) in [4.78, 5) is 2.68. The molecule has 0 atom stereocenters. The van der Waals surface area contributed by atoms with Crippen molar-refractivity contribution in [1.29, 1.82) is 0 Å². The Balaban J connectivity index is 2.12. The highest BCUT2D eigenvalue weighted by Crippen LogP contribution is 2.28. The fourth-order valence-electron chi connectivity index (χ4n) is 3.46. The molecule has 1 aromatic rings. The molecule has 0 aromatic heterocycles. The van der Waals surface area contributed by atoms with E-state index in [9.17, 15) is 0 Å². The molecule has 0 radical (unpaired) electrons. The van der Waals surface area contributed by atoms with Crippen molar-refractivity contribution in [3.63, 3.8) is 0 Å². The number of benzene rings is 1. The average molecular weight is 274 g/mol. The summed E-state index contributed by atoms with van der Waals surface area (Å²) in [6.45, 7) is 11.6. The van der Waals surface area contributed by atoms with E-state index in [2.05, 4.69) is 44.7 Å². The van der Waals surface area contributed by atoms with Crippen molar-refractivity contribution in [2.24, 2.45) is 11.8 Å². The second-order valence-electron chi connectivity index (χ2n) is 7.12. The molecule has 2 nitrogen and oxygen atoms in total. The third-order valence-electron chi connectivity index (χ3n) is 4.34. The van der Waals surface area contributed by atoms with Crippen molar-refractivity contribution in [1.82, 2.24) is 4.90 Å². The maximum absolute atomic E-state index is 6.11. The van der Waals surface area contributed by atoms with Crippen LogP contribution in [0, 0.1) is 11.8 Å². The lowest BCUT2D eigenvalue weighted by atomic mass is 9.91. The number of hydrogen-bond donors (Lipinski definition) is 1. The molecule has 2 heteroatoms. The number of rotatable bonds is 5. The molecule has 0 aliphatic carbocycles. The van der Waals surface area contributed by atoms with Crippen LogP contribution in [-0.2, 0) is 13.0 Å². The van der Waals surface area contributed by atoms with Crippen LogP contribution in [0.5, 0.6) is 0 Å². The standard InChI is InChI=1S/C18H30N2/c1-13(2)10-16(11-14(3)4)20-9-8-17-15(12-20)6-5-7-18(17)19/h5-7,13-14,16H,8-12,19H2,1-4H3. The van der Waals surface area contributed by atoms with Crippen LogP contribution in [-0.4, -0.2) is 17.5 Å². The second-order valence-corrected chi connectivity index (χ2v) is 7.12. The molecule has 0 amide bonds. The van der Waals surface area contributed by atoms with Crippen molar-refractivity contribution < 1.29 is 0 Å². The fourth-order valence-corrected chi connectivity index (χ4v) is 3.46. The predicted octanol–water partition coefficient (Wildman–Crippen LogP) is 4.09. The highest BCUT2D eigenvalue weighted by molar-refractivity contribution is 5.51. The Morgan fingerprint density at radius 2 is 1.75 bits per heavy atom. The largest absolute Gasteiger partial charge is 0.398 e. The summed E-state index contributed by atoms with van der Waals surface area (Å²) in [5.74, 6) is 1.53. The van der Waals surface area contributed by atoms with E-state index < -0.39 is 0 Å². The van der Waals surface area contributed by atoms with E-state index in [1.165, 1.54) is 24.0 Å². The summed E-state index contributed by atoms with van der Waals surface area (Å²) in [5, 5.41) is 0. The van der Waals surface area contributed by atoms with Crippen LogP contribution < -0.4 is 5.73 Å². The van der Waals surface area contributed by atoms with Crippen LogP contribution >= 0.6 is 0 Å². The van der Waals surface area contributed by atoms with Gasteiger partial charge in [-0.25, -0.2) is 0 Å². The number of fused-ring (bicyclic) bond motifs is 1. The van der Waals surface area contributed by atoms with Gasteiger partial charge in [0.25, 0.3) is 0 Å². The maximum Gasteiger partial charge on any atom is 0.0350 e. The van der Waals surface area contributed by atoms with Gasteiger partial charge >= 0.3 is 0 Å². The first-order valence-corrected chi connectivity index (χ1v) is 8.07. The van der Waals surface area contributed by atoms with Crippen molar-refractivity contribution in [2.45, 2.75) is 59.5 Å². The zero-order valence-corrected chi connectivity index (χ0v) is 13.5. The van der Waals surface area contributed by atoms with E-state index in [1.807, 2.05) is 6.07 Å². The monoisotopic (exact) mass is 274 g/mol. The lowest BCUT2D eigenvalue weighted by molar-refractivity contribution is 0.137. The Morgan fingerprint density at radius 1 is 1.10 bits per heavy atom. The number of hydrogen-bond acceptors (Lipinski definition) is 2. The first kappa shape index (κ1) is 15.4. The van der Waals surface area contributed by atoms with Gasteiger partial charge in [-0.3, -0.25) is 4.90 Å². The van der Waals surface area contributed by atoms with E-state index in [4.69, 9.17) is 5.73 Å². The lowest BCUT2D eigenvalue weighted by Gasteiger charge is -2.37. The Hall–Kier alpha value is -1.02. The molecule has 1 aliphatic rings. The molecule has 20 heavy (non-hydrogen) atoms. The molecule has 0 saturated carbocycles. The van der Waals surface area contributed by atoms with Gasteiger partial charge in [0.1, 0.15) is 0 Å². The first-order chi connectivity index (χ1) is 9.47. The Labute approximate surface area is 124 Å². The van der Waals surface area contributed by atoms with Crippen molar-refractivity contribution in [3.05, 3.63) is 29.3 Å². The Kier molecular flexibility index (Phi) is 5.09. The number of anilines is 1. The van der Waals surface area contributed by atoms with Gasteiger partial charge in [0, 0.05) is 24.8 Å². The molecule has 0 bridgehead atoms.